The summed E-state index contributed by atoms with van der Waals surface area (Å²) in [6.45, 7) is 10.8. The van der Waals surface area contributed by atoms with Gasteiger partial charge in [0.15, 0.2) is 0 Å². The Bertz CT molecular complexity index is 3110. The summed E-state index contributed by atoms with van der Waals surface area (Å²) in [6, 6.07) is 16.2. The van der Waals surface area contributed by atoms with Crippen LogP contribution in [0.25, 0.3) is 27.7 Å². The largest absolute Gasteiger partial charge is 0.455 e. The van der Waals surface area contributed by atoms with Crippen LogP contribution >= 0.6 is 11.3 Å². The van der Waals surface area contributed by atoms with E-state index in [2.05, 4.69) is 49.7 Å². The van der Waals surface area contributed by atoms with Gasteiger partial charge < -0.3 is 30.2 Å². The van der Waals surface area contributed by atoms with Gasteiger partial charge in [-0.1, -0.05) is 19.9 Å². The number of aliphatic hydroxyl groups excluding tert-OH is 1. The molecule has 1 saturated carbocycles. The molecular weight excluding hydrogens is 953 g/mol. The van der Waals surface area contributed by atoms with Crippen molar-refractivity contribution in [1.82, 2.24) is 19.6 Å². The standard InChI is InChI=1S/C52H57F2N7O8S2/c1-31(62)34-21-42(53)48(43(54)22-34)36-23-47(70-30-36)35-19-38(27-51(2,3)26-35)60-17-15-59(16-18-60)37-5-7-41(46(24-37)69-39-20-33-11-14-55-49(33)57-29-39)50(63)58-71(67,68)40-6-8-44(45(25-40)61(65)66)56-28-32-9-12-52(4,64)13-10-32/h5-8,11,14,19-25,29-32,38,56,62,64H,9-10,12-13,15-18,26-28H2,1-4H3,(H,55,57)(H,58,63)/t31-,32?,38?,52?/m0/s1. The molecule has 1 unspecified atom stereocenters. The molecule has 3 aromatic carbocycles. The number of nitrogens with zero attached hydrogens (tertiary/aromatic N) is 4. The SMILES string of the molecule is C[C@H](O)c1cc(F)c(-c2csc(C3=CC(N4CCN(c5ccc(C(=O)NS(=O)(=O)c6ccc(NCC7CCC(C)(O)CC7)c([N+](=O)[O-])c6)c(Oc6cnc7[nH]ccc7c6)c5)CC4)CC(C)(C)C3)c2)c(F)c1. The zero-order valence-corrected chi connectivity index (χ0v) is 41.5. The molecule has 2 atom stereocenters. The third-order valence-corrected chi connectivity index (χ3v) is 16.3. The second-order valence-corrected chi connectivity index (χ2v) is 22.7. The predicted octanol–water partition coefficient (Wildman–Crippen LogP) is 10.2. The summed E-state index contributed by atoms with van der Waals surface area (Å²) in [7, 11) is -4.63. The number of aliphatic hydroxyl groups is 2. The molecule has 15 nitrogen and oxygen atoms in total. The number of aromatic amines is 1. The summed E-state index contributed by atoms with van der Waals surface area (Å²) in [5.74, 6) is -1.89. The maximum Gasteiger partial charge on any atom is 0.293 e. The van der Waals surface area contributed by atoms with Gasteiger partial charge in [0.2, 0.25) is 0 Å². The number of halogens is 2. The Balaban J connectivity index is 0.918. The molecule has 6 aromatic rings. The number of benzene rings is 3. The lowest BCUT2D eigenvalue weighted by Crippen LogP contribution is -2.51. The number of carbonyl (C=O) groups excluding carboxylic acids is 1. The number of piperazine rings is 1. The second-order valence-electron chi connectivity index (χ2n) is 20.1. The van der Waals surface area contributed by atoms with Crippen LogP contribution in [0.5, 0.6) is 11.5 Å². The Kier molecular flexibility index (Phi) is 13.8. The average Bonchev–Trinajstić information content (AvgIpc) is 4.01. The fraction of sp³-hybridized carbons (Fsp3) is 0.385. The first-order valence-corrected chi connectivity index (χ1v) is 26.1. The number of amides is 1. The number of nitrogens with one attached hydrogen (secondary N) is 3. The quantitative estimate of drug-likeness (QED) is 0.0511. The maximum absolute atomic E-state index is 15.2. The Morgan fingerprint density at radius 3 is 2.46 bits per heavy atom. The topological polar surface area (TPSA) is 203 Å². The molecule has 1 aliphatic heterocycles. The van der Waals surface area contributed by atoms with Gasteiger partial charge in [-0.25, -0.2) is 26.9 Å². The number of nitro groups is 1. The Labute approximate surface area is 414 Å². The lowest BCUT2D eigenvalue weighted by atomic mass is 9.74. The molecule has 5 N–H and O–H groups in total. The van der Waals surface area contributed by atoms with Crippen molar-refractivity contribution in [3.05, 3.63) is 128 Å². The van der Waals surface area contributed by atoms with Crippen molar-refractivity contribution in [3.8, 4) is 22.6 Å². The van der Waals surface area contributed by atoms with Gasteiger partial charge >= 0.3 is 0 Å². The molecule has 4 heterocycles. The van der Waals surface area contributed by atoms with Crippen molar-refractivity contribution in [1.29, 1.82) is 0 Å². The van der Waals surface area contributed by atoms with E-state index in [1.165, 1.54) is 54.8 Å². The van der Waals surface area contributed by atoms with Crippen LogP contribution in [-0.4, -0.2) is 88.7 Å². The van der Waals surface area contributed by atoms with E-state index < -0.39 is 54.8 Å². The van der Waals surface area contributed by atoms with E-state index in [4.69, 9.17) is 4.74 Å². The number of sulfonamides is 1. The number of aromatic nitrogens is 2. The molecule has 71 heavy (non-hydrogen) atoms. The molecule has 3 aliphatic rings. The number of nitro benzene ring substituents is 1. The van der Waals surface area contributed by atoms with Crippen LogP contribution in [0.2, 0.25) is 0 Å². The summed E-state index contributed by atoms with van der Waals surface area (Å²) in [5, 5.41) is 38.0. The van der Waals surface area contributed by atoms with E-state index in [1.807, 2.05) is 12.1 Å². The van der Waals surface area contributed by atoms with Gasteiger partial charge in [0.25, 0.3) is 21.6 Å². The molecule has 9 rings (SSSR count). The number of ether oxygens (including phenoxy) is 1. The summed E-state index contributed by atoms with van der Waals surface area (Å²) in [4.78, 5) is 38.1. The van der Waals surface area contributed by atoms with Gasteiger partial charge in [-0.15, -0.1) is 11.3 Å². The van der Waals surface area contributed by atoms with Crippen LogP contribution in [0.4, 0.5) is 25.8 Å². The molecular formula is C52H57F2N7O8S2. The number of hydrogen-bond acceptors (Lipinski definition) is 13. The zero-order chi connectivity index (χ0) is 50.4. The van der Waals surface area contributed by atoms with Gasteiger partial charge in [-0.2, -0.15) is 0 Å². The number of H-pyrrole nitrogens is 1. The van der Waals surface area contributed by atoms with Crippen molar-refractivity contribution >= 4 is 60.9 Å². The number of anilines is 2. The molecule has 3 aromatic heterocycles. The predicted molar refractivity (Wildman–Crippen MR) is 270 cm³/mol. The molecule has 0 spiro atoms. The highest BCUT2D eigenvalue weighted by molar-refractivity contribution is 7.90. The van der Waals surface area contributed by atoms with Gasteiger partial charge in [0.05, 0.1) is 38.8 Å². The van der Waals surface area contributed by atoms with Gasteiger partial charge in [-0.05, 0) is 140 Å². The summed E-state index contributed by atoms with van der Waals surface area (Å²) >= 11 is 1.45. The highest BCUT2D eigenvalue weighted by Gasteiger charge is 2.35. The van der Waals surface area contributed by atoms with Crippen LogP contribution in [-0.2, 0) is 10.0 Å². The molecule has 374 valence electrons. The summed E-state index contributed by atoms with van der Waals surface area (Å²) in [6.07, 6.45) is 8.92. The molecule has 0 bridgehead atoms. The van der Waals surface area contributed by atoms with Crippen molar-refractivity contribution in [2.24, 2.45) is 11.3 Å². The van der Waals surface area contributed by atoms with Crippen LogP contribution in [0, 0.1) is 33.1 Å². The van der Waals surface area contributed by atoms with Crippen molar-refractivity contribution < 1.29 is 41.9 Å². The van der Waals surface area contributed by atoms with Gasteiger partial charge in [0.1, 0.15) is 34.5 Å². The molecule has 2 fully saturated rings. The van der Waals surface area contributed by atoms with E-state index in [1.54, 1.807) is 36.7 Å². The normalized spacial score (nSPS) is 21.1. The first-order valence-electron chi connectivity index (χ1n) is 23.7. The molecule has 2 aliphatic carbocycles. The molecule has 1 saturated heterocycles. The fourth-order valence-corrected chi connectivity index (χ4v) is 11.9. The van der Waals surface area contributed by atoms with E-state index in [9.17, 15) is 33.5 Å². The fourth-order valence-electron chi connectivity index (χ4n) is 10.0. The molecule has 1 amide bonds. The number of pyridine rings is 1. The lowest BCUT2D eigenvalue weighted by molar-refractivity contribution is -0.384. The van der Waals surface area contributed by atoms with E-state index in [-0.39, 0.29) is 45.5 Å². The summed E-state index contributed by atoms with van der Waals surface area (Å²) < 4.78 is 66.4. The smallest absolute Gasteiger partial charge is 0.293 e. The second kappa shape index (κ2) is 19.7. The number of fused-ring (bicyclic) bond motifs is 1. The van der Waals surface area contributed by atoms with E-state index >= 15 is 8.78 Å². The van der Waals surface area contributed by atoms with Crippen molar-refractivity contribution in [3.63, 3.8) is 0 Å². The Morgan fingerprint density at radius 2 is 1.76 bits per heavy atom. The van der Waals surface area contributed by atoms with E-state index in [0.29, 0.717) is 62.5 Å². The first-order chi connectivity index (χ1) is 33.7. The zero-order valence-electron chi connectivity index (χ0n) is 39.9. The van der Waals surface area contributed by atoms with Crippen LogP contribution in [0.3, 0.4) is 0 Å². The summed E-state index contributed by atoms with van der Waals surface area (Å²) in [5.41, 5.74) is 1.79. The monoisotopic (exact) mass is 1010 g/mol. The lowest BCUT2D eigenvalue weighted by Gasteiger charge is -2.44. The third kappa shape index (κ3) is 11.1. The van der Waals surface area contributed by atoms with Crippen molar-refractivity contribution in [2.75, 3.05) is 42.9 Å². The third-order valence-electron chi connectivity index (χ3n) is 14.0. The van der Waals surface area contributed by atoms with Gasteiger partial charge in [-0.3, -0.25) is 19.8 Å². The number of thiophene rings is 1. The minimum atomic E-state index is -4.63. The maximum atomic E-state index is 15.2. The van der Waals surface area contributed by atoms with Crippen LogP contribution < -0.4 is 19.7 Å². The van der Waals surface area contributed by atoms with Crippen LogP contribution in [0.15, 0.2) is 95.5 Å². The molecule has 19 heteroatoms. The number of rotatable bonds is 14. The van der Waals surface area contributed by atoms with Crippen LogP contribution in [0.1, 0.15) is 93.1 Å². The number of carbonyl (C=O) groups is 1. The average molecular weight is 1010 g/mol. The highest BCUT2D eigenvalue weighted by atomic mass is 32.2. The Hall–Kier alpha value is -6.25. The van der Waals surface area contributed by atoms with Gasteiger partial charge in [0, 0.05) is 73.0 Å². The highest BCUT2D eigenvalue weighted by Crippen LogP contribution is 2.45. The van der Waals surface area contributed by atoms with E-state index in [0.717, 1.165) is 53.3 Å². The minimum Gasteiger partial charge on any atom is -0.455 e. The first kappa shape index (κ1) is 49.7. The minimum absolute atomic E-state index is 0.0606. The molecule has 0 radical (unpaired) electrons. The number of hydrogen-bond donors (Lipinski definition) is 5. The Morgan fingerprint density at radius 1 is 1.03 bits per heavy atom. The number of allylic oxidation sites excluding steroid dienone is 1. The van der Waals surface area contributed by atoms with Crippen molar-refractivity contribution in [2.45, 2.75) is 88.9 Å².